The predicted molar refractivity (Wildman–Crippen MR) is 122 cm³/mol. The van der Waals surface area contributed by atoms with Gasteiger partial charge in [0.1, 0.15) is 5.84 Å². The van der Waals surface area contributed by atoms with E-state index in [0.717, 1.165) is 23.2 Å². The van der Waals surface area contributed by atoms with Gasteiger partial charge in [-0.2, -0.15) is 8.42 Å². The molecular formula is C24H32N2O2S. The summed E-state index contributed by atoms with van der Waals surface area (Å²) in [6.07, 6.45) is 1.38. The Kier molecular flexibility index (Phi) is 6.18. The van der Waals surface area contributed by atoms with Gasteiger partial charge in [0.2, 0.25) is 0 Å². The predicted octanol–water partition coefficient (Wildman–Crippen LogP) is 6.20. The van der Waals surface area contributed by atoms with Crippen LogP contribution in [0, 0.1) is 0 Å². The molecule has 29 heavy (non-hydrogen) atoms. The van der Waals surface area contributed by atoms with Gasteiger partial charge in [-0.3, -0.25) is 0 Å². The largest absolute Gasteiger partial charge is 0.343 e. The molecule has 1 aliphatic heterocycles. The second-order valence-corrected chi connectivity index (χ2v) is 10.3. The number of aryl methyl sites for hydroxylation is 1. The number of hydrogen-bond acceptors (Lipinski definition) is 2. The molecule has 1 aliphatic rings. The molecule has 3 rings (SSSR count). The average Bonchev–Trinajstić information content (AvgIpc) is 2.66. The number of nitrogens with one attached hydrogen (secondary N) is 1. The average molecular weight is 413 g/mol. The summed E-state index contributed by atoms with van der Waals surface area (Å²) in [4.78, 5) is 0.389. The van der Waals surface area contributed by atoms with Crippen LogP contribution in [-0.4, -0.2) is 14.3 Å². The van der Waals surface area contributed by atoms with Crippen molar-refractivity contribution in [3.63, 3.8) is 0 Å². The van der Waals surface area contributed by atoms with E-state index < -0.39 is 10.0 Å². The van der Waals surface area contributed by atoms with E-state index in [-0.39, 0.29) is 11.8 Å². The fourth-order valence-corrected chi connectivity index (χ4v) is 5.48. The minimum atomic E-state index is -3.83. The molecule has 0 aromatic heterocycles. The fraction of sp³-hybridized carbons (Fsp3) is 0.458. The normalized spacial score (nSPS) is 15.8. The second kappa shape index (κ2) is 8.31. The number of benzene rings is 2. The zero-order valence-electron chi connectivity index (χ0n) is 18.3. The Morgan fingerprint density at radius 3 is 2.00 bits per heavy atom. The molecule has 0 amide bonds. The van der Waals surface area contributed by atoms with Crippen LogP contribution in [0.5, 0.6) is 0 Å². The number of sulfonamides is 1. The Balaban J connectivity index is 2.13. The van der Waals surface area contributed by atoms with E-state index in [1.54, 1.807) is 0 Å². The number of rotatable bonds is 5. The van der Waals surface area contributed by atoms with Crippen molar-refractivity contribution < 1.29 is 8.42 Å². The van der Waals surface area contributed by atoms with Crippen molar-refractivity contribution in [3.05, 3.63) is 58.7 Å². The first-order chi connectivity index (χ1) is 13.6. The van der Waals surface area contributed by atoms with Gasteiger partial charge in [0.15, 0.2) is 0 Å². The van der Waals surface area contributed by atoms with Crippen LogP contribution in [0.3, 0.4) is 0 Å². The SMILES string of the molecule is CC(C)c1cc(C(C)C)c(S(=O)(=O)N=C2CCc3ccccc3N2)c(C(C)C)c1. The highest BCUT2D eigenvalue weighted by molar-refractivity contribution is 7.90. The summed E-state index contributed by atoms with van der Waals surface area (Å²) in [6, 6.07) is 12.1. The standard InChI is InChI=1S/C24H32N2O2S/c1-15(2)19-13-20(16(3)4)24(21(14-19)17(5)6)29(27,28)26-23-12-11-18-9-7-8-10-22(18)25-23/h7-10,13-17H,11-12H2,1-6H3,(H,25,26). The first kappa shape index (κ1) is 21.6. The van der Waals surface area contributed by atoms with Crippen molar-refractivity contribution in [1.82, 2.24) is 0 Å². The molecule has 0 unspecified atom stereocenters. The minimum absolute atomic E-state index is 0.0937. The molecule has 0 saturated heterocycles. The summed E-state index contributed by atoms with van der Waals surface area (Å²) in [5.74, 6) is 1.04. The summed E-state index contributed by atoms with van der Waals surface area (Å²) < 4.78 is 31.3. The van der Waals surface area contributed by atoms with Gasteiger partial charge in [-0.1, -0.05) is 71.9 Å². The van der Waals surface area contributed by atoms with Crippen LogP contribution >= 0.6 is 0 Å². The molecule has 0 atom stereocenters. The minimum Gasteiger partial charge on any atom is -0.343 e. The first-order valence-electron chi connectivity index (χ1n) is 10.5. The van der Waals surface area contributed by atoms with Crippen molar-refractivity contribution in [2.24, 2.45) is 4.40 Å². The third kappa shape index (κ3) is 4.55. The third-order valence-electron chi connectivity index (χ3n) is 5.50. The molecule has 0 fully saturated rings. The molecule has 0 radical (unpaired) electrons. The molecule has 0 saturated carbocycles. The molecular weight excluding hydrogens is 380 g/mol. The Morgan fingerprint density at radius 2 is 1.45 bits per heavy atom. The van der Waals surface area contributed by atoms with Crippen LogP contribution < -0.4 is 5.32 Å². The molecule has 156 valence electrons. The topological polar surface area (TPSA) is 58.5 Å². The number of amidine groups is 1. The Labute approximate surface area is 175 Å². The van der Waals surface area contributed by atoms with Gasteiger partial charge in [-0.05, 0) is 52.5 Å². The maximum Gasteiger partial charge on any atom is 0.284 e. The molecule has 0 bridgehead atoms. The number of fused-ring (bicyclic) bond motifs is 1. The van der Waals surface area contributed by atoms with Gasteiger partial charge < -0.3 is 5.32 Å². The van der Waals surface area contributed by atoms with Gasteiger partial charge in [0, 0.05) is 12.1 Å². The zero-order chi connectivity index (χ0) is 21.3. The van der Waals surface area contributed by atoms with Gasteiger partial charge in [0.25, 0.3) is 10.0 Å². The molecule has 1 N–H and O–H groups in total. The maximum absolute atomic E-state index is 13.5. The fourth-order valence-electron chi connectivity index (χ4n) is 3.78. The lowest BCUT2D eigenvalue weighted by atomic mass is 9.89. The van der Waals surface area contributed by atoms with Crippen LogP contribution in [0.2, 0.25) is 0 Å². The maximum atomic E-state index is 13.5. The van der Waals surface area contributed by atoms with E-state index >= 15 is 0 Å². The van der Waals surface area contributed by atoms with Crippen molar-refractivity contribution in [3.8, 4) is 0 Å². The van der Waals surface area contributed by atoms with Crippen molar-refractivity contribution >= 4 is 21.5 Å². The quantitative estimate of drug-likeness (QED) is 0.636. The lowest BCUT2D eigenvalue weighted by molar-refractivity contribution is 0.592. The summed E-state index contributed by atoms with van der Waals surface area (Å²) in [5, 5.41) is 3.22. The third-order valence-corrected chi connectivity index (χ3v) is 6.94. The highest BCUT2D eigenvalue weighted by Crippen LogP contribution is 2.36. The lowest BCUT2D eigenvalue weighted by Crippen LogP contribution is -2.22. The van der Waals surface area contributed by atoms with Crippen molar-refractivity contribution in [2.75, 3.05) is 5.32 Å². The van der Waals surface area contributed by atoms with Gasteiger partial charge >= 0.3 is 0 Å². The van der Waals surface area contributed by atoms with Crippen molar-refractivity contribution in [1.29, 1.82) is 0 Å². The van der Waals surface area contributed by atoms with E-state index in [4.69, 9.17) is 0 Å². The monoisotopic (exact) mass is 412 g/mol. The van der Waals surface area contributed by atoms with Crippen LogP contribution in [0.15, 0.2) is 45.7 Å². The highest BCUT2D eigenvalue weighted by Gasteiger charge is 2.27. The van der Waals surface area contributed by atoms with E-state index in [1.807, 2.05) is 45.9 Å². The molecule has 4 nitrogen and oxygen atoms in total. The molecule has 5 heteroatoms. The second-order valence-electron chi connectivity index (χ2n) is 8.79. The summed E-state index contributed by atoms with van der Waals surface area (Å²) in [6.45, 7) is 12.5. The van der Waals surface area contributed by atoms with Crippen molar-refractivity contribution in [2.45, 2.75) is 77.0 Å². The Hall–Kier alpha value is -2.14. The molecule has 0 aliphatic carbocycles. The molecule has 2 aromatic rings. The van der Waals surface area contributed by atoms with E-state index in [1.165, 1.54) is 11.1 Å². The summed E-state index contributed by atoms with van der Waals surface area (Å²) in [5.41, 5.74) is 5.03. The van der Waals surface area contributed by atoms with Crippen LogP contribution in [-0.2, 0) is 16.4 Å². The summed E-state index contributed by atoms with van der Waals surface area (Å²) >= 11 is 0. The zero-order valence-corrected chi connectivity index (χ0v) is 19.1. The van der Waals surface area contributed by atoms with E-state index in [9.17, 15) is 8.42 Å². The highest BCUT2D eigenvalue weighted by atomic mass is 32.2. The number of nitrogens with zero attached hydrogens (tertiary/aromatic N) is 1. The number of para-hydroxylation sites is 1. The Bertz CT molecular complexity index is 1010. The molecule has 0 spiro atoms. The van der Waals surface area contributed by atoms with E-state index in [0.29, 0.717) is 23.1 Å². The van der Waals surface area contributed by atoms with Crippen LogP contribution in [0.1, 0.15) is 88.0 Å². The van der Waals surface area contributed by atoms with Gasteiger partial charge in [-0.15, -0.1) is 4.40 Å². The van der Waals surface area contributed by atoms with E-state index in [2.05, 4.69) is 41.8 Å². The van der Waals surface area contributed by atoms with Crippen LogP contribution in [0.4, 0.5) is 5.69 Å². The Morgan fingerprint density at radius 1 is 0.862 bits per heavy atom. The van der Waals surface area contributed by atoms with Gasteiger partial charge in [-0.25, -0.2) is 0 Å². The smallest absolute Gasteiger partial charge is 0.284 e. The number of hydrogen-bond donors (Lipinski definition) is 1. The molecule has 1 heterocycles. The van der Waals surface area contributed by atoms with Crippen LogP contribution in [0.25, 0.3) is 0 Å². The number of anilines is 1. The summed E-state index contributed by atoms with van der Waals surface area (Å²) in [7, 11) is -3.83. The molecule has 2 aromatic carbocycles. The lowest BCUT2D eigenvalue weighted by Gasteiger charge is -2.23. The van der Waals surface area contributed by atoms with Gasteiger partial charge in [0.05, 0.1) is 4.90 Å². The first-order valence-corrected chi connectivity index (χ1v) is 11.9.